The van der Waals surface area contributed by atoms with Crippen LogP contribution in [0.4, 0.5) is 5.69 Å². The number of aromatic amines is 1. The maximum Gasteiger partial charge on any atom is 0.307 e. The lowest BCUT2D eigenvalue weighted by atomic mass is 9.85. The van der Waals surface area contributed by atoms with Crippen LogP contribution in [0, 0.1) is 11.8 Å². The molecule has 3 aromatic carbocycles. The first kappa shape index (κ1) is 43.5. The number of esters is 1. The number of hydrogen-bond acceptors (Lipinski definition) is 10. The lowest BCUT2D eigenvalue weighted by molar-refractivity contribution is -0.148. The summed E-state index contributed by atoms with van der Waals surface area (Å²) in [7, 11) is -3.78. The van der Waals surface area contributed by atoms with Crippen LogP contribution in [-0.4, -0.2) is 88.5 Å². The Kier molecular flexibility index (Phi) is 15.9. The Morgan fingerprint density at radius 3 is 2.64 bits per heavy atom. The van der Waals surface area contributed by atoms with Crippen LogP contribution in [0.2, 0.25) is 0 Å². The zero-order valence-corrected chi connectivity index (χ0v) is 34.4. The summed E-state index contributed by atoms with van der Waals surface area (Å²) in [5.41, 5.74) is 4.98. The van der Waals surface area contributed by atoms with Crippen molar-refractivity contribution in [3.8, 4) is 0 Å². The average molecular weight is 816 g/mol. The molecule has 2 aliphatic rings. The first-order chi connectivity index (χ1) is 28.0. The number of piperidine rings is 1. The summed E-state index contributed by atoms with van der Waals surface area (Å²) in [5.74, 6) is -0.880. The molecule has 1 aromatic heterocycles. The van der Waals surface area contributed by atoms with Crippen LogP contribution in [0.15, 0.2) is 91.1 Å². The first-order valence-corrected chi connectivity index (χ1v) is 22.6. The lowest BCUT2D eigenvalue weighted by Gasteiger charge is -2.33. The molecule has 0 bridgehead atoms. The molecular formula is C45H61N5O7S. The van der Waals surface area contributed by atoms with E-state index in [1.54, 1.807) is 6.07 Å². The van der Waals surface area contributed by atoms with Gasteiger partial charge in [0.05, 0.1) is 35.8 Å². The second-order valence-corrected chi connectivity index (χ2v) is 18.0. The van der Waals surface area contributed by atoms with Crippen LogP contribution in [0.3, 0.4) is 0 Å². The van der Waals surface area contributed by atoms with Crippen molar-refractivity contribution in [1.82, 2.24) is 19.8 Å². The molecule has 1 aliphatic carbocycles. The standard InChI is InChI=1S/C45H61N5O7S/c1-32(57-45(54)17-8-3-2-7-16-40-41(44(53)27-43(40)52)22-21-39(51)20-18-33-11-5-4-6-12-33)49-58(55,56)31-35-14-9-13-34(25-35)29-50-24-10-15-38(30-50)47-37-19-23-42-36(26-37)28-46-48-42/h2,4-7,9,11-14,19,23,25-26,28,32,38-41,43-44,47,49,51-53H,3,8,10,15-18,20-22,24,27,29-31H2,1H3,(H,46,48)/b7-2+/t32?,38-,39-,40+,41+,43-,44+/m0/s1. The normalized spacial score (nSPS) is 22.7. The van der Waals surface area contributed by atoms with Crippen molar-refractivity contribution in [2.45, 2.75) is 120 Å². The van der Waals surface area contributed by atoms with E-state index in [1.165, 1.54) is 12.5 Å². The molecule has 0 spiro atoms. The van der Waals surface area contributed by atoms with Gasteiger partial charge in [0.1, 0.15) is 0 Å². The van der Waals surface area contributed by atoms with Gasteiger partial charge in [-0.1, -0.05) is 66.7 Å². The van der Waals surface area contributed by atoms with E-state index in [0.29, 0.717) is 56.6 Å². The molecule has 2 fully saturated rings. The highest BCUT2D eigenvalue weighted by molar-refractivity contribution is 7.88. The minimum absolute atomic E-state index is 0.0816. The number of aliphatic hydroxyl groups excluding tert-OH is 3. The summed E-state index contributed by atoms with van der Waals surface area (Å²) in [6.45, 7) is 4.09. The lowest BCUT2D eigenvalue weighted by Crippen LogP contribution is -2.41. The van der Waals surface area contributed by atoms with Gasteiger partial charge in [-0.05, 0) is 124 Å². The molecule has 58 heavy (non-hydrogen) atoms. The quantitative estimate of drug-likeness (QED) is 0.0246. The number of rotatable bonds is 21. The van der Waals surface area contributed by atoms with Crippen LogP contribution in [-0.2, 0) is 38.3 Å². The number of aryl methyl sites for hydroxylation is 1. The predicted molar refractivity (Wildman–Crippen MR) is 227 cm³/mol. The molecule has 6 rings (SSSR count). The van der Waals surface area contributed by atoms with Crippen molar-refractivity contribution in [2.75, 3.05) is 18.4 Å². The number of nitrogens with one attached hydrogen (secondary N) is 3. The van der Waals surface area contributed by atoms with E-state index in [1.807, 2.05) is 60.8 Å². The number of anilines is 1. The number of sulfonamides is 1. The SMILES string of the molecule is CC(NS(=O)(=O)Cc1cccc(CN2CCC[C@H](Nc3ccc4[nH]ncc4c3)C2)c1)OC(=O)CCC/C=C/C[C@@H]1[C@@H](CC[C@@H](O)CCc2ccccc2)[C@H](O)C[C@@H]1O. The highest BCUT2D eigenvalue weighted by atomic mass is 32.2. The number of hydrogen-bond donors (Lipinski definition) is 6. The Hall–Kier alpha value is -4.11. The maximum absolute atomic E-state index is 13.1. The van der Waals surface area contributed by atoms with E-state index < -0.39 is 40.5 Å². The largest absolute Gasteiger partial charge is 0.446 e. The number of allylic oxidation sites excluding steroid dienone is 2. The average Bonchev–Trinajstić information content (AvgIpc) is 3.76. The summed E-state index contributed by atoms with van der Waals surface area (Å²) < 4.78 is 34.0. The van der Waals surface area contributed by atoms with Crippen LogP contribution in [0.1, 0.15) is 87.8 Å². The number of unbranched alkanes of at least 4 members (excludes halogenated alkanes) is 1. The molecule has 1 aliphatic heterocycles. The van der Waals surface area contributed by atoms with E-state index in [9.17, 15) is 28.5 Å². The van der Waals surface area contributed by atoms with E-state index in [2.05, 4.69) is 49.4 Å². The van der Waals surface area contributed by atoms with E-state index in [0.717, 1.165) is 61.1 Å². The molecule has 0 amide bonds. The first-order valence-electron chi connectivity index (χ1n) is 20.9. The van der Waals surface area contributed by atoms with Crippen molar-refractivity contribution in [3.63, 3.8) is 0 Å². The highest BCUT2D eigenvalue weighted by Crippen LogP contribution is 2.38. The van der Waals surface area contributed by atoms with Gasteiger partial charge in [-0.15, -0.1) is 0 Å². The van der Waals surface area contributed by atoms with Crippen LogP contribution < -0.4 is 10.0 Å². The van der Waals surface area contributed by atoms with Gasteiger partial charge in [-0.3, -0.25) is 14.8 Å². The van der Waals surface area contributed by atoms with Crippen LogP contribution in [0.25, 0.3) is 10.9 Å². The van der Waals surface area contributed by atoms with Gasteiger partial charge in [0, 0.05) is 36.6 Å². The van der Waals surface area contributed by atoms with Crippen LogP contribution >= 0.6 is 0 Å². The van der Waals surface area contributed by atoms with E-state index >= 15 is 0 Å². The van der Waals surface area contributed by atoms with Gasteiger partial charge in [-0.2, -0.15) is 9.82 Å². The number of ether oxygens (including phenoxy) is 1. The summed E-state index contributed by atoms with van der Waals surface area (Å²) in [5, 5.41) is 43.7. The van der Waals surface area contributed by atoms with E-state index in [4.69, 9.17) is 4.74 Å². The molecule has 1 saturated carbocycles. The van der Waals surface area contributed by atoms with Crippen molar-refractivity contribution in [1.29, 1.82) is 0 Å². The third-order valence-corrected chi connectivity index (χ3v) is 12.9. The van der Waals surface area contributed by atoms with E-state index in [-0.39, 0.29) is 24.0 Å². The molecule has 13 heteroatoms. The zero-order valence-electron chi connectivity index (χ0n) is 33.6. The van der Waals surface area contributed by atoms with Gasteiger partial charge in [-0.25, -0.2) is 8.42 Å². The molecule has 4 aromatic rings. The number of carbonyl (C=O) groups excluding carboxylic acids is 1. The molecule has 12 nitrogen and oxygen atoms in total. The molecule has 1 unspecified atom stereocenters. The van der Waals surface area contributed by atoms with Crippen molar-refractivity contribution in [3.05, 3.63) is 108 Å². The molecule has 314 valence electrons. The fourth-order valence-corrected chi connectivity index (χ4v) is 9.86. The highest BCUT2D eigenvalue weighted by Gasteiger charge is 2.40. The Bertz CT molecular complexity index is 2030. The number of fused-ring (bicyclic) bond motifs is 1. The second kappa shape index (κ2) is 21.2. The summed E-state index contributed by atoms with van der Waals surface area (Å²) >= 11 is 0. The van der Waals surface area contributed by atoms with Gasteiger partial charge in [0.15, 0.2) is 6.23 Å². The van der Waals surface area contributed by atoms with Gasteiger partial charge < -0.3 is 25.4 Å². The Labute approximate surface area is 343 Å². The predicted octanol–water partition coefficient (Wildman–Crippen LogP) is 6.20. The van der Waals surface area contributed by atoms with Crippen LogP contribution in [0.5, 0.6) is 0 Å². The Morgan fingerprint density at radius 2 is 1.79 bits per heavy atom. The number of nitrogens with zero attached hydrogens (tertiary/aromatic N) is 2. The van der Waals surface area contributed by atoms with Crippen molar-refractivity contribution in [2.24, 2.45) is 11.8 Å². The van der Waals surface area contributed by atoms with Crippen molar-refractivity contribution < 1.29 is 33.3 Å². The molecule has 1 saturated heterocycles. The smallest absolute Gasteiger partial charge is 0.307 e. The summed E-state index contributed by atoms with van der Waals surface area (Å²) in [6.07, 6.45) is 10.2. The second-order valence-electron chi connectivity index (χ2n) is 16.3. The monoisotopic (exact) mass is 815 g/mol. The number of likely N-dealkylation sites (tertiary alicyclic amines) is 1. The molecule has 6 N–H and O–H groups in total. The van der Waals surface area contributed by atoms with Gasteiger partial charge >= 0.3 is 5.97 Å². The molecule has 2 heterocycles. The van der Waals surface area contributed by atoms with Gasteiger partial charge in [0.2, 0.25) is 10.0 Å². The molecular weight excluding hydrogens is 755 g/mol. The topological polar surface area (TPSA) is 177 Å². The number of aromatic nitrogens is 2. The third-order valence-electron chi connectivity index (χ3n) is 11.5. The summed E-state index contributed by atoms with van der Waals surface area (Å²) in [6, 6.07) is 24.2. The maximum atomic E-state index is 13.1. The fraction of sp³-hybridized carbons (Fsp3) is 0.511. The van der Waals surface area contributed by atoms with Gasteiger partial charge in [0.25, 0.3) is 0 Å². The minimum Gasteiger partial charge on any atom is -0.446 e. The Balaban J connectivity index is 0.865. The number of aliphatic hydroxyl groups is 3. The zero-order chi connectivity index (χ0) is 40.9. The Morgan fingerprint density at radius 1 is 1.00 bits per heavy atom. The fourth-order valence-electron chi connectivity index (χ4n) is 8.60. The summed E-state index contributed by atoms with van der Waals surface area (Å²) in [4.78, 5) is 14.9. The molecule has 0 radical (unpaired) electrons. The van der Waals surface area contributed by atoms with Crippen molar-refractivity contribution >= 4 is 32.6 Å². The molecule has 7 atom stereocenters. The minimum atomic E-state index is -3.78. The number of carbonyl (C=O) groups is 1. The number of H-pyrrole nitrogens is 1. The number of benzene rings is 3. The third kappa shape index (κ3) is 13.5.